The molecule has 1 aromatic rings. The molecular weight excluding hydrogens is 200 g/mol. The second-order valence-corrected chi connectivity index (χ2v) is 4.60. The summed E-state index contributed by atoms with van der Waals surface area (Å²) in [6, 6.07) is 6.07. The minimum Gasteiger partial charge on any atom is -0.392 e. The van der Waals surface area contributed by atoms with E-state index in [1.807, 2.05) is 25.1 Å². The third-order valence-electron chi connectivity index (χ3n) is 2.87. The number of aliphatic hydroxyl groups excluding tert-OH is 1. The quantitative estimate of drug-likeness (QED) is 0.713. The first-order valence-corrected chi connectivity index (χ1v) is 5.74. The van der Waals surface area contributed by atoms with E-state index < -0.39 is 0 Å². The number of nitrogens with two attached hydrogens (primary N) is 1. The van der Waals surface area contributed by atoms with Gasteiger partial charge in [-0.05, 0) is 30.0 Å². The lowest BCUT2D eigenvalue weighted by atomic mass is 10.0. The number of hydrogen-bond acceptors (Lipinski definition) is 3. The lowest BCUT2D eigenvalue weighted by Gasteiger charge is -2.18. The van der Waals surface area contributed by atoms with Crippen LogP contribution in [0.3, 0.4) is 0 Å². The Bertz CT molecular complexity index is 337. The summed E-state index contributed by atoms with van der Waals surface area (Å²) in [6.07, 6.45) is 0. The molecule has 0 fully saturated rings. The predicted molar refractivity (Wildman–Crippen MR) is 68.4 cm³/mol. The summed E-state index contributed by atoms with van der Waals surface area (Å²) in [5, 5.41) is 12.4. The van der Waals surface area contributed by atoms with Gasteiger partial charge in [0.1, 0.15) is 0 Å². The van der Waals surface area contributed by atoms with Crippen LogP contribution in [0.15, 0.2) is 18.2 Å². The number of hydrogen-bond donors (Lipinski definition) is 3. The molecule has 0 spiro atoms. The number of anilines is 1. The summed E-state index contributed by atoms with van der Waals surface area (Å²) in [5.41, 5.74) is 9.13. The van der Waals surface area contributed by atoms with E-state index in [1.165, 1.54) is 5.56 Å². The van der Waals surface area contributed by atoms with Gasteiger partial charge in [0.15, 0.2) is 0 Å². The van der Waals surface area contributed by atoms with E-state index in [4.69, 9.17) is 10.8 Å². The number of benzene rings is 1. The summed E-state index contributed by atoms with van der Waals surface area (Å²) in [7, 11) is 0. The molecule has 0 heterocycles. The summed E-state index contributed by atoms with van der Waals surface area (Å²) in [5.74, 6) is 0.467. The third kappa shape index (κ3) is 3.51. The van der Waals surface area contributed by atoms with Crippen molar-refractivity contribution in [1.29, 1.82) is 0 Å². The predicted octanol–water partition coefficient (Wildman–Crippen LogP) is 1.88. The van der Waals surface area contributed by atoms with Crippen molar-refractivity contribution in [2.24, 2.45) is 11.7 Å². The van der Waals surface area contributed by atoms with E-state index in [1.54, 1.807) is 0 Å². The van der Waals surface area contributed by atoms with Crippen LogP contribution in [0, 0.1) is 12.8 Å². The smallest absolute Gasteiger partial charge is 0.0682 e. The van der Waals surface area contributed by atoms with Gasteiger partial charge in [-0.1, -0.05) is 26.0 Å². The van der Waals surface area contributed by atoms with Gasteiger partial charge in [0, 0.05) is 18.3 Å². The molecule has 1 aromatic carbocycles. The first kappa shape index (κ1) is 13.0. The van der Waals surface area contributed by atoms with E-state index in [9.17, 15) is 0 Å². The molecule has 1 rings (SSSR count). The molecule has 3 heteroatoms. The van der Waals surface area contributed by atoms with Crippen molar-refractivity contribution in [3.05, 3.63) is 29.3 Å². The monoisotopic (exact) mass is 222 g/mol. The van der Waals surface area contributed by atoms with Gasteiger partial charge in [-0.25, -0.2) is 0 Å². The van der Waals surface area contributed by atoms with Crippen molar-refractivity contribution >= 4 is 5.69 Å². The van der Waals surface area contributed by atoms with Crippen molar-refractivity contribution in [2.45, 2.75) is 33.4 Å². The zero-order chi connectivity index (χ0) is 12.1. The minimum absolute atomic E-state index is 0.0746. The van der Waals surface area contributed by atoms with Gasteiger partial charge < -0.3 is 16.2 Å². The Balaban J connectivity index is 2.65. The van der Waals surface area contributed by atoms with Gasteiger partial charge >= 0.3 is 0 Å². The van der Waals surface area contributed by atoms with Gasteiger partial charge in [0.25, 0.3) is 0 Å². The van der Waals surface area contributed by atoms with Gasteiger partial charge in [-0.3, -0.25) is 0 Å². The number of rotatable bonds is 5. The Hall–Kier alpha value is -1.06. The SMILES string of the molecule is Cc1ccc(CO)cc1NCC(N)C(C)C. The van der Waals surface area contributed by atoms with Crippen LogP contribution < -0.4 is 11.1 Å². The largest absolute Gasteiger partial charge is 0.392 e. The van der Waals surface area contributed by atoms with Crippen molar-refractivity contribution in [3.63, 3.8) is 0 Å². The topological polar surface area (TPSA) is 58.3 Å². The number of aliphatic hydroxyl groups is 1. The van der Waals surface area contributed by atoms with Crippen LogP contribution >= 0.6 is 0 Å². The molecule has 90 valence electrons. The van der Waals surface area contributed by atoms with Gasteiger partial charge in [0.2, 0.25) is 0 Å². The van der Waals surface area contributed by atoms with Gasteiger partial charge in [-0.15, -0.1) is 0 Å². The molecule has 0 saturated heterocycles. The maximum Gasteiger partial charge on any atom is 0.0682 e. The Morgan fingerprint density at radius 2 is 2.06 bits per heavy atom. The van der Waals surface area contributed by atoms with E-state index in [0.717, 1.165) is 17.8 Å². The molecule has 0 aliphatic rings. The average molecular weight is 222 g/mol. The molecule has 1 unspecified atom stereocenters. The van der Waals surface area contributed by atoms with Crippen LogP contribution in [0.1, 0.15) is 25.0 Å². The molecule has 0 amide bonds. The molecular formula is C13H22N2O. The normalized spacial score (nSPS) is 12.9. The highest BCUT2D eigenvalue weighted by molar-refractivity contribution is 5.52. The van der Waals surface area contributed by atoms with Crippen molar-refractivity contribution < 1.29 is 5.11 Å². The van der Waals surface area contributed by atoms with E-state index in [-0.39, 0.29) is 12.6 Å². The second-order valence-electron chi connectivity index (χ2n) is 4.60. The highest BCUT2D eigenvalue weighted by atomic mass is 16.3. The highest BCUT2D eigenvalue weighted by Gasteiger charge is 2.07. The van der Waals surface area contributed by atoms with E-state index in [0.29, 0.717) is 5.92 Å². The molecule has 1 atom stereocenters. The fourth-order valence-electron chi connectivity index (χ4n) is 1.42. The molecule has 0 aliphatic carbocycles. The van der Waals surface area contributed by atoms with Crippen LogP contribution in [-0.4, -0.2) is 17.7 Å². The maximum atomic E-state index is 9.07. The summed E-state index contributed by atoms with van der Waals surface area (Å²) in [4.78, 5) is 0. The molecule has 0 saturated carbocycles. The minimum atomic E-state index is 0.0746. The van der Waals surface area contributed by atoms with E-state index >= 15 is 0 Å². The average Bonchev–Trinajstić information content (AvgIpc) is 2.27. The zero-order valence-electron chi connectivity index (χ0n) is 10.3. The Morgan fingerprint density at radius 3 is 2.62 bits per heavy atom. The first-order chi connectivity index (χ1) is 7.54. The maximum absolute atomic E-state index is 9.07. The molecule has 0 radical (unpaired) electrons. The summed E-state index contributed by atoms with van der Waals surface area (Å²) >= 11 is 0. The van der Waals surface area contributed by atoms with Crippen molar-refractivity contribution in [1.82, 2.24) is 0 Å². The fourth-order valence-corrected chi connectivity index (χ4v) is 1.42. The second kappa shape index (κ2) is 5.87. The summed E-state index contributed by atoms with van der Waals surface area (Å²) in [6.45, 7) is 7.11. The number of aryl methyl sites for hydroxylation is 1. The van der Waals surface area contributed by atoms with Crippen LogP contribution in [0.25, 0.3) is 0 Å². The lowest BCUT2D eigenvalue weighted by Crippen LogP contribution is -2.34. The van der Waals surface area contributed by atoms with E-state index in [2.05, 4.69) is 19.2 Å². The molecule has 16 heavy (non-hydrogen) atoms. The van der Waals surface area contributed by atoms with Crippen LogP contribution in [0.5, 0.6) is 0 Å². The third-order valence-corrected chi connectivity index (χ3v) is 2.87. The lowest BCUT2D eigenvalue weighted by molar-refractivity contribution is 0.282. The standard InChI is InChI=1S/C13H22N2O/c1-9(2)12(14)7-15-13-6-11(8-16)5-4-10(13)3/h4-6,9,12,15-16H,7-8,14H2,1-3H3. The van der Waals surface area contributed by atoms with Crippen LogP contribution in [-0.2, 0) is 6.61 Å². The van der Waals surface area contributed by atoms with Crippen LogP contribution in [0.4, 0.5) is 5.69 Å². The molecule has 4 N–H and O–H groups in total. The molecule has 0 bridgehead atoms. The molecule has 0 aromatic heterocycles. The Morgan fingerprint density at radius 1 is 1.38 bits per heavy atom. The van der Waals surface area contributed by atoms with Gasteiger partial charge in [-0.2, -0.15) is 0 Å². The highest BCUT2D eigenvalue weighted by Crippen LogP contribution is 2.17. The summed E-state index contributed by atoms with van der Waals surface area (Å²) < 4.78 is 0. The van der Waals surface area contributed by atoms with Gasteiger partial charge in [0.05, 0.1) is 6.61 Å². The molecule has 0 aliphatic heterocycles. The zero-order valence-corrected chi connectivity index (χ0v) is 10.3. The molecule has 3 nitrogen and oxygen atoms in total. The Kier molecular flexibility index (Phi) is 4.77. The first-order valence-electron chi connectivity index (χ1n) is 5.74. The van der Waals surface area contributed by atoms with Crippen LogP contribution in [0.2, 0.25) is 0 Å². The fraction of sp³-hybridized carbons (Fsp3) is 0.538. The van der Waals surface area contributed by atoms with Crippen molar-refractivity contribution in [2.75, 3.05) is 11.9 Å². The van der Waals surface area contributed by atoms with Crippen molar-refractivity contribution in [3.8, 4) is 0 Å². The number of nitrogens with one attached hydrogen (secondary N) is 1. The Labute approximate surface area is 97.7 Å².